The summed E-state index contributed by atoms with van der Waals surface area (Å²) in [5.74, 6) is 0.136. The Labute approximate surface area is 149 Å². The molecule has 2 aromatic rings. The molecule has 0 unspecified atom stereocenters. The Morgan fingerprint density at radius 3 is 2.35 bits per heavy atom. The van der Waals surface area contributed by atoms with Crippen molar-refractivity contribution in [3.8, 4) is 5.75 Å². The Balaban J connectivity index is 1.95. The van der Waals surface area contributed by atoms with E-state index in [9.17, 15) is 4.79 Å². The molecule has 23 heavy (non-hydrogen) atoms. The predicted octanol–water partition coefficient (Wildman–Crippen LogP) is 5.07. The molecule has 0 saturated carbocycles. The number of benzene rings is 1. The van der Waals surface area contributed by atoms with Crippen molar-refractivity contribution < 1.29 is 9.53 Å². The van der Waals surface area contributed by atoms with Crippen molar-refractivity contribution in [1.29, 1.82) is 0 Å². The van der Waals surface area contributed by atoms with Gasteiger partial charge < -0.3 is 10.1 Å². The van der Waals surface area contributed by atoms with E-state index in [1.807, 2.05) is 0 Å². The first-order valence-electron chi connectivity index (χ1n) is 6.89. The summed E-state index contributed by atoms with van der Waals surface area (Å²) < 4.78 is 5.57. The maximum absolute atomic E-state index is 11.9. The summed E-state index contributed by atoms with van der Waals surface area (Å²) in [6.07, 6.45) is 0.137. The molecule has 0 bridgehead atoms. The van der Waals surface area contributed by atoms with E-state index in [-0.39, 0.29) is 18.9 Å². The van der Waals surface area contributed by atoms with E-state index in [1.165, 1.54) is 0 Å². The van der Waals surface area contributed by atoms with Gasteiger partial charge in [0.05, 0.1) is 35.1 Å². The molecule has 0 spiro atoms. The lowest BCUT2D eigenvalue weighted by molar-refractivity contribution is -0.116. The van der Waals surface area contributed by atoms with Gasteiger partial charge in [0.2, 0.25) is 5.91 Å². The first-order chi connectivity index (χ1) is 10.9. The van der Waals surface area contributed by atoms with Crippen molar-refractivity contribution in [2.24, 2.45) is 0 Å². The highest BCUT2D eigenvalue weighted by Crippen LogP contribution is 2.36. The SMILES string of the molecule is Cc1nc(C)c(Cl)c(OCCC(=O)Nc2ccccc2Cl)c1Cl. The summed E-state index contributed by atoms with van der Waals surface area (Å²) in [5, 5.41) is 3.91. The monoisotopic (exact) mass is 372 g/mol. The number of para-hydroxylation sites is 1. The first kappa shape index (κ1) is 17.9. The molecular weight excluding hydrogens is 359 g/mol. The standard InChI is InChI=1S/C16H15Cl3N2O2/c1-9-14(18)16(15(19)10(2)20-9)23-8-7-13(22)21-12-6-4-3-5-11(12)17/h3-6H,7-8H2,1-2H3,(H,21,22). The molecule has 7 heteroatoms. The molecule has 4 nitrogen and oxygen atoms in total. The largest absolute Gasteiger partial charge is 0.490 e. The van der Waals surface area contributed by atoms with Crippen LogP contribution in [0, 0.1) is 13.8 Å². The number of amides is 1. The minimum Gasteiger partial charge on any atom is -0.490 e. The van der Waals surface area contributed by atoms with Gasteiger partial charge in [0.15, 0.2) is 5.75 Å². The van der Waals surface area contributed by atoms with Crippen molar-refractivity contribution >= 4 is 46.4 Å². The lowest BCUT2D eigenvalue weighted by Gasteiger charge is -2.13. The van der Waals surface area contributed by atoms with E-state index in [1.54, 1.807) is 38.1 Å². The molecule has 0 saturated heterocycles. The molecule has 1 aromatic heterocycles. The van der Waals surface area contributed by atoms with Gasteiger partial charge >= 0.3 is 0 Å². The fraction of sp³-hybridized carbons (Fsp3) is 0.250. The summed E-state index contributed by atoms with van der Waals surface area (Å²) in [4.78, 5) is 16.1. The van der Waals surface area contributed by atoms with Gasteiger partial charge in [-0.05, 0) is 26.0 Å². The van der Waals surface area contributed by atoms with Crippen molar-refractivity contribution in [2.45, 2.75) is 20.3 Å². The smallest absolute Gasteiger partial charge is 0.227 e. The number of ether oxygens (including phenoxy) is 1. The highest BCUT2D eigenvalue weighted by Gasteiger charge is 2.15. The molecule has 1 heterocycles. The van der Waals surface area contributed by atoms with Crippen LogP contribution in [0.4, 0.5) is 5.69 Å². The van der Waals surface area contributed by atoms with E-state index >= 15 is 0 Å². The quantitative estimate of drug-likeness (QED) is 0.796. The Kier molecular flexibility index (Phi) is 6.10. The molecule has 122 valence electrons. The second-order valence-corrected chi connectivity index (χ2v) is 6.03. The summed E-state index contributed by atoms with van der Waals surface area (Å²) in [6, 6.07) is 7.01. The third kappa shape index (κ3) is 4.50. The van der Waals surface area contributed by atoms with E-state index in [4.69, 9.17) is 39.5 Å². The normalized spacial score (nSPS) is 10.5. The van der Waals surface area contributed by atoms with E-state index < -0.39 is 0 Å². The van der Waals surface area contributed by atoms with Gasteiger partial charge in [-0.2, -0.15) is 0 Å². The van der Waals surface area contributed by atoms with E-state index in [2.05, 4.69) is 10.3 Å². The van der Waals surface area contributed by atoms with E-state index in [0.29, 0.717) is 37.9 Å². The van der Waals surface area contributed by atoms with E-state index in [0.717, 1.165) is 0 Å². The molecule has 0 aliphatic rings. The number of carbonyl (C=O) groups is 1. The fourth-order valence-corrected chi connectivity index (χ4v) is 2.54. The average Bonchev–Trinajstić information content (AvgIpc) is 2.51. The van der Waals surface area contributed by atoms with Crippen LogP contribution < -0.4 is 10.1 Å². The Hall–Kier alpha value is -1.49. The third-order valence-electron chi connectivity index (χ3n) is 3.09. The molecule has 1 N–H and O–H groups in total. The minimum atomic E-state index is -0.215. The zero-order valence-electron chi connectivity index (χ0n) is 12.6. The Morgan fingerprint density at radius 2 is 1.74 bits per heavy atom. The lowest BCUT2D eigenvalue weighted by atomic mass is 10.3. The van der Waals surface area contributed by atoms with Gasteiger partial charge in [-0.1, -0.05) is 46.9 Å². The summed E-state index contributed by atoms with van der Waals surface area (Å²) in [7, 11) is 0. The zero-order chi connectivity index (χ0) is 17.0. The summed E-state index contributed by atoms with van der Waals surface area (Å²) in [6.45, 7) is 3.67. The number of carbonyl (C=O) groups excluding carboxylic acids is 1. The average molecular weight is 374 g/mol. The number of hydrogen-bond donors (Lipinski definition) is 1. The minimum absolute atomic E-state index is 0.137. The van der Waals surface area contributed by atoms with Crippen molar-refractivity contribution in [3.63, 3.8) is 0 Å². The number of nitrogens with zero attached hydrogens (tertiary/aromatic N) is 1. The topological polar surface area (TPSA) is 51.2 Å². The van der Waals surface area contributed by atoms with Gasteiger partial charge in [0, 0.05) is 0 Å². The lowest BCUT2D eigenvalue weighted by Crippen LogP contribution is -2.15. The molecule has 0 radical (unpaired) electrons. The molecule has 0 aliphatic heterocycles. The summed E-state index contributed by atoms with van der Waals surface area (Å²) in [5.41, 5.74) is 1.82. The van der Waals surface area contributed by atoms with Crippen LogP contribution in [0.5, 0.6) is 5.75 Å². The van der Waals surface area contributed by atoms with Gasteiger partial charge in [0.1, 0.15) is 10.0 Å². The fourth-order valence-electron chi connectivity index (χ4n) is 1.92. The van der Waals surface area contributed by atoms with Gasteiger partial charge in [-0.15, -0.1) is 0 Å². The third-order valence-corrected chi connectivity index (χ3v) is 4.31. The number of nitrogens with one attached hydrogen (secondary N) is 1. The van der Waals surface area contributed by atoms with Gasteiger partial charge in [0.25, 0.3) is 0 Å². The second kappa shape index (κ2) is 7.86. The molecule has 1 aromatic carbocycles. The van der Waals surface area contributed by atoms with Crippen LogP contribution in [0.25, 0.3) is 0 Å². The zero-order valence-corrected chi connectivity index (χ0v) is 14.9. The van der Waals surface area contributed by atoms with Gasteiger partial charge in [-0.3, -0.25) is 9.78 Å². The predicted molar refractivity (Wildman–Crippen MR) is 93.9 cm³/mol. The second-order valence-electron chi connectivity index (χ2n) is 4.87. The molecular formula is C16H15Cl3N2O2. The molecule has 1 amide bonds. The number of anilines is 1. The number of hydrogen-bond acceptors (Lipinski definition) is 3. The molecule has 2 rings (SSSR count). The van der Waals surface area contributed by atoms with Crippen LogP contribution in [0.15, 0.2) is 24.3 Å². The van der Waals surface area contributed by atoms with Crippen LogP contribution in [-0.2, 0) is 4.79 Å². The number of halogens is 3. The first-order valence-corrected chi connectivity index (χ1v) is 8.03. The molecule has 0 aliphatic carbocycles. The van der Waals surface area contributed by atoms with Gasteiger partial charge in [-0.25, -0.2) is 0 Å². The highest BCUT2D eigenvalue weighted by atomic mass is 35.5. The number of aromatic nitrogens is 1. The van der Waals surface area contributed by atoms with Crippen LogP contribution in [-0.4, -0.2) is 17.5 Å². The molecule has 0 atom stereocenters. The highest BCUT2D eigenvalue weighted by molar-refractivity contribution is 6.37. The Morgan fingerprint density at radius 1 is 1.13 bits per heavy atom. The molecule has 0 fully saturated rings. The maximum atomic E-state index is 11.9. The number of aryl methyl sites for hydroxylation is 2. The maximum Gasteiger partial charge on any atom is 0.227 e. The number of pyridine rings is 1. The van der Waals surface area contributed by atoms with Crippen molar-refractivity contribution in [2.75, 3.05) is 11.9 Å². The van der Waals surface area contributed by atoms with Crippen molar-refractivity contribution in [1.82, 2.24) is 4.98 Å². The van der Waals surface area contributed by atoms with Crippen LogP contribution >= 0.6 is 34.8 Å². The number of rotatable bonds is 5. The van der Waals surface area contributed by atoms with Crippen LogP contribution in [0.1, 0.15) is 17.8 Å². The van der Waals surface area contributed by atoms with Crippen LogP contribution in [0.3, 0.4) is 0 Å². The summed E-state index contributed by atoms with van der Waals surface area (Å²) >= 11 is 18.3. The van der Waals surface area contributed by atoms with Crippen molar-refractivity contribution in [3.05, 3.63) is 50.7 Å². The van der Waals surface area contributed by atoms with Crippen LogP contribution in [0.2, 0.25) is 15.1 Å². The Bertz CT molecular complexity index is 709.